The van der Waals surface area contributed by atoms with Gasteiger partial charge in [-0.05, 0) is 36.5 Å². The first-order valence-electron chi connectivity index (χ1n) is 8.70. The Labute approximate surface area is 125 Å². The summed E-state index contributed by atoms with van der Waals surface area (Å²) in [4.78, 5) is 0. The van der Waals surface area contributed by atoms with Gasteiger partial charge in [-0.2, -0.15) is 0 Å². The first-order valence-corrected chi connectivity index (χ1v) is 8.70. The van der Waals surface area contributed by atoms with E-state index in [1.807, 2.05) is 13.8 Å². The fraction of sp³-hybridized carbons (Fsp3) is 1.00. The van der Waals surface area contributed by atoms with E-state index in [1.54, 1.807) is 13.8 Å². The Morgan fingerprint density at radius 3 is 1.05 bits per heavy atom. The molecule has 0 spiro atoms. The molecule has 122 valence electrons. The fourth-order valence-electron chi connectivity index (χ4n) is 2.90. The molecule has 0 bridgehead atoms. The van der Waals surface area contributed by atoms with E-state index in [4.69, 9.17) is 0 Å². The van der Waals surface area contributed by atoms with Crippen LogP contribution in [0.5, 0.6) is 0 Å². The highest BCUT2D eigenvalue weighted by atomic mass is 19.2. The minimum absolute atomic E-state index is 0.0776. The lowest BCUT2D eigenvalue weighted by Crippen LogP contribution is -2.35. The summed E-state index contributed by atoms with van der Waals surface area (Å²) in [6.07, 6.45) is 5.13. The molecule has 0 aliphatic heterocycles. The van der Waals surface area contributed by atoms with Crippen molar-refractivity contribution in [3.63, 3.8) is 0 Å². The molecule has 2 rings (SSSR count). The largest absolute Gasteiger partial charge is 0.244 e. The minimum Gasteiger partial charge on any atom is -0.244 e. The van der Waals surface area contributed by atoms with E-state index >= 15 is 0 Å². The van der Waals surface area contributed by atoms with E-state index in [1.165, 1.54) is 25.7 Å². The normalized spacial score (nSPS) is 40.8. The lowest BCUT2D eigenvalue weighted by Gasteiger charge is -2.30. The molecule has 0 radical (unpaired) electrons. The highest BCUT2D eigenvalue weighted by Crippen LogP contribution is 2.32. The second-order valence-electron chi connectivity index (χ2n) is 6.79. The third-order valence-corrected chi connectivity index (χ3v) is 4.77. The summed E-state index contributed by atoms with van der Waals surface area (Å²) in [5.74, 6) is 1.88. The molecule has 4 atom stereocenters. The van der Waals surface area contributed by atoms with Gasteiger partial charge >= 0.3 is 0 Å². The van der Waals surface area contributed by atoms with Crippen molar-refractivity contribution in [2.45, 2.75) is 92.4 Å². The summed E-state index contributed by atoms with van der Waals surface area (Å²) in [6.45, 7) is 12.3. The molecule has 20 heavy (non-hydrogen) atoms. The van der Waals surface area contributed by atoms with E-state index in [-0.39, 0.29) is 11.8 Å². The maximum absolute atomic E-state index is 12.8. The second kappa shape index (κ2) is 10.6. The molecule has 0 heterocycles. The Kier molecular flexibility index (Phi) is 10.5. The molecule has 0 N–H and O–H groups in total. The number of hydrogen-bond donors (Lipinski definition) is 0. The molecule has 2 aliphatic carbocycles. The van der Waals surface area contributed by atoms with Gasteiger partial charge in [-0.3, -0.25) is 0 Å². The molecule has 2 fully saturated rings. The smallest absolute Gasteiger partial charge is 0.134 e. The lowest BCUT2D eigenvalue weighted by molar-refractivity contribution is 0.0367. The van der Waals surface area contributed by atoms with E-state index in [0.29, 0.717) is 0 Å². The number of rotatable bonds is 0. The van der Waals surface area contributed by atoms with Gasteiger partial charge in [-0.25, -0.2) is 8.78 Å². The summed E-state index contributed by atoms with van der Waals surface area (Å²) in [6, 6.07) is 0. The molecule has 0 aromatic carbocycles. The third-order valence-electron chi connectivity index (χ3n) is 4.77. The van der Waals surface area contributed by atoms with Gasteiger partial charge in [0.2, 0.25) is 0 Å². The highest BCUT2D eigenvalue weighted by molar-refractivity contribution is 4.83. The average molecular weight is 290 g/mol. The monoisotopic (exact) mass is 290 g/mol. The van der Waals surface area contributed by atoms with Gasteiger partial charge in [-0.15, -0.1) is 0 Å². The molecule has 2 heteroatoms. The molecule has 0 aromatic rings. The molecule has 2 aliphatic rings. The highest BCUT2D eigenvalue weighted by Gasteiger charge is 2.35. The van der Waals surface area contributed by atoms with Crippen molar-refractivity contribution in [2.75, 3.05) is 0 Å². The summed E-state index contributed by atoms with van der Waals surface area (Å²) < 4.78 is 25.7. The summed E-state index contributed by atoms with van der Waals surface area (Å²) in [5.41, 5.74) is 0. The zero-order valence-electron chi connectivity index (χ0n) is 14.5. The van der Waals surface area contributed by atoms with Crippen molar-refractivity contribution in [2.24, 2.45) is 23.7 Å². The van der Waals surface area contributed by atoms with Crippen molar-refractivity contribution in [1.29, 1.82) is 0 Å². The molecule has 0 aromatic heterocycles. The number of alkyl halides is 2. The van der Waals surface area contributed by atoms with Crippen LogP contribution < -0.4 is 0 Å². The van der Waals surface area contributed by atoms with Crippen molar-refractivity contribution >= 4 is 0 Å². The van der Waals surface area contributed by atoms with Crippen LogP contribution in [0.3, 0.4) is 0 Å². The van der Waals surface area contributed by atoms with Crippen LogP contribution in [-0.2, 0) is 0 Å². The van der Waals surface area contributed by atoms with Gasteiger partial charge in [0.25, 0.3) is 0 Å². The van der Waals surface area contributed by atoms with Crippen LogP contribution in [0.15, 0.2) is 0 Å². The maximum atomic E-state index is 12.8. The van der Waals surface area contributed by atoms with Crippen molar-refractivity contribution in [3.8, 4) is 0 Å². The quantitative estimate of drug-likeness (QED) is 0.472. The lowest BCUT2D eigenvalue weighted by atomic mass is 9.81. The Morgan fingerprint density at radius 1 is 0.550 bits per heavy atom. The SMILES string of the molecule is CC.CC1CCC(C)C(F)C1F.CC1CCC(C)CC1. The maximum Gasteiger partial charge on any atom is 0.134 e. The average Bonchev–Trinajstić information content (AvgIpc) is 2.47. The van der Waals surface area contributed by atoms with Crippen molar-refractivity contribution in [1.82, 2.24) is 0 Å². The van der Waals surface area contributed by atoms with Crippen molar-refractivity contribution < 1.29 is 8.78 Å². The molecular weight excluding hydrogens is 254 g/mol. The Morgan fingerprint density at radius 2 is 0.800 bits per heavy atom. The fourth-order valence-corrected chi connectivity index (χ4v) is 2.90. The topological polar surface area (TPSA) is 0 Å². The van der Waals surface area contributed by atoms with Crippen LogP contribution in [0.1, 0.15) is 80.1 Å². The molecule has 0 amide bonds. The van der Waals surface area contributed by atoms with Crippen molar-refractivity contribution in [3.05, 3.63) is 0 Å². The second-order valence-corrected chi connectivity index (χ2v) is 6.79. The Balaban J connectivity index is 0.000000327. The van der Waals surface area contributed by atoms with Gasteiger partial charge in [0.05, 0.1) is 0 Å². The van der Waals surface area contributed by atoms with Crippen LogP contribution in [-0.4, -0.2) is 12.3 Å². The zero-order valence-corrected chi connectivity index (χ0v) is 14.5. The molecule has 0 saturated heterocycles. The van der Waals surface area contributed by atoms with Crippen LogP contribution in [0.2, 0.25) is 0 Å². The predicted octanol–water partition coefficient (Wildman–Crippen LogP) is 6.59. The van der Waals surface area contributed by atoms with Gasteiger partial charge in [0, 0.05) is 0 Å². The van der Waals surface area contributed by atoms with Crippen LogP contribution >= 0.6 is 0 Å². The first-order chi connectivity index (χ1) is 9.41. The van der Waals surface area contributed by atoms with Gasteiger partial charge < -0.3 is 0 Å². The predicted molar refractivity (Wildman–Crippen MR) is 85.5 cm³/mol. The summed E-state index contributed by atoms with van der Waals surface area (Å²) >= 11 is 0. The molecule has 0 nitrogen and oxygen atoms in total. The standard InChI is InChI=1S/C8H14F2.C8H16.C2H6/c1-5-3-4-6(2)8(10)7(5)9;1-7-3-5-8(2)6-4-7;1-2/h5-8H,3-4H2,1-2H3;7-8H,3-6H2,1-2H3;1-2H3. The summed E-state index contributed by atoms with van der Waals surface area (Å²) in [5, 5.41) is 0. The van der Waals surface area contributed by atoms with E-state index in [0.717, 1.165) is 24.7 Å². The molecular formula is C18H36F2. The first kappa shape index (κ1) is 19.9. The van der Waals surface area contributed by atoms with E-state index in [2.05, 4.69) is 13.8 Å². The van der Waals surface area contributed by atoms with E-state index in [9.17, 15) is 8.78 Å². The Bertz CT molecular complexity index is 197. The van der Waals surface area contributed by atoms with Gasteiger partial charge in [0.1, 0.15) is 12.3 Å². The Hall–Kier alpha value is -0.140. The molecule has 4 unspecified atom stereocenters. The third kappa shape index (κ3) is 7.04. The van der Waals surface area contributed by atoms with Crippen LogP contribution in [0, 0.1) is 23.7 Å². The molecule has 2 saturated carbocycles. The zero-order chi connectivity index (χ0) is 15.7. The van der Waals surface area contributed by atoms with Gasteiger partial charge in [0.15, 0.2) is 0 Å². The van der Waals surface area contributed by atoms with E-state index < -0.39 is 12.3 Å². The summed E-state index contributed by atoms with van der Waals surface area (Å²) in [7, 11) is 0. The number of halogens is 2. The van der Waals surface area contributed by atoms with Gasteiger partial charge in [-0.1, -0.05) is 67.2 Å². The van der Waals surface area contributed by atoms with Crippen LogP contribution in [0.25, 0.3) is 0 Å². The minimum atomic E-state index is -1.22. The number of hydrogen-bond acceptors (Lipinski definition) is 0. The van der Waals surface area contributed by atoms with Crippen LogP contribution in [0.4, 0.5) is 8.78 Å².